The number of nitrogens with zero attached hydrogens (tertiary/aromatic N) is 1. The fraction of sp³-hybridized carbons (Fsp3) is 0.120. The van der Waals surface area contributed by atoms with Crippen molar-refractivity contribution in [2.75, 3.05) is 4.90 Å². The van der Waals surface area contributed by atoms with Crippen molar-refractivity contribution in [3.05, 3.63) is 99.6 Å². The fourth-order valence-electron chi connectivity index (χ4n) is 3.80. The third-order valence-electron chi connectivity index (χ3n) is 5.55. The zero-order valence-corrected chi connectivity index (χ0v) is 18.1. The van der Waals surface area contributed by atoms with E-state index in [1.54, 1.807) is 24.3 Å². The lowest BCUT2D eigenvalue weighted by Gasteiger charge is -2.25. The number of hydrogen-bond acceptors (Lipinski definition) is 4. The summed E-state index contributed by atoms with van der Waals surface area (Å²) in [6, 6.07) is 12.5. The second kappa shape index (κ2) is 8.67. The molecule has 1 aliphatic rings. The van der Waals surface area contributed by atoms with Gasteiger partial charge in [-0.05, 0) is 41.8 Å². The van der Waals surface area contributed by atoms with Crippen LogP contribution in [0, 0.1) is 11.6 Å². The van der Waals surface area contributed by atoms with E-state index in [9.17, 15) is 28.6 Å². The summed E-state index contributed by atoms with van der Waals surface area (Å²) in [6.07, 6.45) is 0.771. The molecule has 0 radical (unpaired) electrons. The second-order valence-corrected chi connectivity index (χ2v) is 7.94. The largest absolute Gasteiger partial charge is 0.507 e. The molecule has 4 rings (SSSR count). The minimum Gasteiger partial charge on any atom is -0.507 e. The Balaban J connectivity index is 1.95. The summed E-state index contributed by atoms with van der Waals surface area (Å²) < 4.78 is 27.5. The van der Waals surface area contributed by atoms with Gasteiger partial charge in [-0.25, -0.2) is 8.78 Å². The summed E-state index contributed by atoms with van der Waals surface area (Å²) in [5, 5.41) is 20.8. The molecule has 2 N–H and O–H groups in total. The van der Waals surface area contributed by atoms with Crippen molar-refractivity contribution in [1.82, 2.24) is 0 Å². The first-order chi connectivity index (χ1) is 15.7. The average molecular weight is 470 g/mol. The van der Waals surface area contributed by atoms with Gasteiger partial charge in [-0.2, -0.15) is 0 Å². The Bertz CT molecular complexity index is 1300. The van der Waals surface area contributed by atoms with Crippen molar-refractivity contribution >= 4 is 34.7 Å². The summed E-state index contributed by atoms with van der Waals surface area (Å²) in [6.45, 7) is 1.97. The van der Waals surface area contributed by atoms with Gasteiger partial charge >= 0.3 is 0 Å². The van der Waals surface area contributed by atoms with E-state index in [0.717, 1.165) is 35.1 Å². The van der Waals surface area contributed by atoms with Crippen LogP contribution < -0.4 is 4.90 Å². The minimum absolute atomic E-state index is 0.0457. The standard InChI is InChI=1S/C25H18ClF2NO4/c1-2-13-3-5-14(6-4-13)23(31)21-22(15-7-10-20(30)17(26)11-15)29(25(33)24(21)32)16-8-9-18(27)19(28)12-16/h3-12,22,30-31H,2H2,1H3/b23-21+. The van der Waals surface area contributed by atoms with Crippen molar-refractivity contribution < 1.29 is 28.6 Å². The minimum atomic E-state index is -1.20. The molecule has 1 atom stereocenters. The first-order valence-electron chi connectivity index (χ1n) is 10.1. The highest BCUT2D eigenvalue weighted by Gasteiger charge is 2.47. The molecule has 0 aromatic heterocycles. The van der Waals surface area contributed by atoms with Gasteiger partial charge in [0, 0.05) is 17.3 Å². The third-order valence-corrected chi connectivity index (χ3v) is 5.85. The number of Topliss-reactive ketones (excluding diaryl/α,β-unsaturated/α-hetero) is 1. The highest BCUT2D eigenvalue weighted by molar-refractivity contribution is 6.51. The number of aliphatic hydroxyl groups excluding tert-OH is 1. The maximum atomic E-state index is 14.0. The summed E-state index contributed by atoms with van der Waals surface area (Å²) in [5.74, 6) is -4.98. The zero-order valence-electron chi connectivity index (χ0n) is 17.3. The number of phenols is 1. The average Bonchev–Trinajstić information content (AvgIpc) is 3.07. The van der Waals surface area contributed by atoms with Crippen LogP contribution in [-0.4, -0.2) is 21.9 Å². The number of phenolic OH excluding ortho intramolecular Hbond substituents is 1. The van der Waals surface area contributed by atoms with Gasteiger partial charge in [-0.15, -0.1) is 0 Å². The smallest absolute Gasteiger partial charge is 0.300 e. The third kappa shape index (κ3) is 3.96. The molecular weight excluding hydrogens is 452 g/mol. The van der Waals surface area contributed by atoms with Crippen molar-refractivity contribution in [3.63, 3.8) is 0 Å². The number of aromatic hydroxyl groups is 1. The van der Waals surface area contributed by atoms with Crippen LogP contribution in [0.1, 0.15) is 29.7 Å². The Kier molecular flexibility index (Phi) is 5.91. The fourth-order valence-corrected chi connectivity index (χ4v) is 3.99. The summed E-state index contributed by atoms with van der Waals surface area (Å²) in [5.41, 5.74) is 1.29. The lowest BCUT2D eigenvalue weighted by atomic mass is 9.94. The van der Waals surface area contributed by atoms with Gasteiger partial charge in [0.2, 0.25) is 0 Å². The molecule has 8 heteroatoms. The van der Waals surface area contributed by atoms with Crippen molar-refractivity contribution in [2.45, 2.75) is 19.4 Å². The maximum absolute atomic E-state index is 14.0. The van der Waals surface area contributed by atoms with Gasteiger partial charge in [0.15, 0.2) is 11.6 Å². The molecule has 5 nitrogen and oxygen atoms in total. The van der Waals surface area contributed by atoms with Gasteiger partial charge in [-0.1, -0.05) is 48.9 Å². The molecule has 0 bridgehead atoms. The molecule has 3 aromatic carbocycles. The zero-order chi connectivity index (χ0) is 23.9. The molecule has 1 aliphatic heterocycles. The van der Waals surface area contributed by atoms with Gasteiger partial charge in [0.25, 0.3) is 11.7 Å². The molecule has 3 aromatic rings. The summed E-state index contributed by atoms with van der Waals surface area (Å²) in [7, 11) is 0. The molecule has 0 saturated carbocycles. The maximum Gasteiger partial charge on any atom is 0.300 e. The van der Waals surface area contributed by atoms with E-state index in [-0.39, 0.29) is 27.6 Å². The van der Waals surface area contributed by atoms with Crippen molar-refractivity contribution in [3.8, 4) is 5.75 Å². The molecule has 1 fully saturated rings. The van der Waals surface area contributed by atoms with E-state index in [2.05, 4.69) is 0 Å². The van der Waals surface area contributed by atoms with Crippen LogP contribution in [0.4, 0.5) is 14.5 Å². The quantitative estimate of drug-likeness (QED) is 0.300. The van der Waals surface area contributed by atoms with Crippen molar-refractivity contribution in [1.29, 1.82) is 0 Å². The van der Waals surface area contributed by atoms with Gasteiger partial charge < -0.3 is 10.2 Å². The van der Waals surface area contributed by atoms with E-state index < -0.39 is 35.1 Å². The van der Waals surface area contributed by atoms with E-state index in [4.69, 9.17) is 11.6 Å². The first-order valence-corrected chi connectivity index (χ1v) is 10.4. The molecule has 1 unspecified atom stereocenters. The van der Waals surface area contributed by atoms with Crippen LogP contribution in [0.5, 0.6) is 5.75 Å². The number of anilines is 1. The van der Waals surface area contributed by atoms with Gasteiger partial charge in [0.05, 0.1) is 16.6 Å². The molecule has 168 valence electrons. The Morgan fingerprint density at radius 2 is 1.70 bits per heavy atom. The van der Waals surface area contributed by atoms with Crippen LogP contribution in [-0.2, 0) is 16.0 Å². The molecule has 1 saturated heterocycles. The number of halogens is 3. The van der Waals surface area contributed by atoms with Crippen LogP contribution in [0.3, 0.4) is 0 Å². The lowest BCUT2D eigenvalue weighted by Crippen LogP contribution is -2.29. The number of amides is 1. The van der Waals surface area contributed by atoms with Crippen LogP contribution in [0.25, 0.3) is 5.76 Å². The van der Waals surface area contributed by atoms with Crippen LogP contribution in [0.15, 0.2) is 66.2 Å². The normalized spacial score (nSPS) is 17.6. The summed E-state index contributed by atoms with van der Waals surface area (Å²) in [4.78, 5) is 27.0. The van der Waals surface area contributed by atoms with Crippen LogP contribution in [0.2, 0.25) is 5.02 Å². The lowest BCUT2D eigenvalue weighted by molar-refractivity contribution is -0.132. The number of carbonyl (C=O) groups is 2. The van der Waals surface area contributed by atoms with E-state index >= 15 is 0 Å². The Morgan fingerprint density at radius 3 is 2.30 bits per heavy atom. The molecule has 1 amide bonds. The highest BCUT2D eigenvalue weighted by atomic mass is 35.5. The monoisotopic (exact) mass is 469 g/mol. The van der Waals surface area contributed by atoms with Gasteiger partial charge in [-0.3, -0.25) is 14.5 Å². The number of benzene rings is 3. The predicted molar refractivity (Wildman–Crippen MR) is 120 cm³/mol. The Hall–Kier alpha value is -3.71. The first kappa shape index (κ1) is 22.5. The van der Waals surface area contributed by atoms with Gasteiger partial charge in [0.1, 0.15) is 11.5 Å². The molecular formula is C25H18ClF2NO4. The number of ketones is 1. The highest BCUT2D eigenvalue weighted by Crippen LogP contribution is 2.43. The van der Waals surface area contributed by atoms with E-state index in [1.807, 2.05) is 6.92 Å². The summed E-state index contributed by atoms with van der Waals surface area (Å²) >= 11 is 6.06. The van der Waals surface area contributed by atoms with E-state index in [1.165, 1.54) is 18.2 Å². The van der Waals surface area contributed by atoms with Crippen molar-refractivity contribution in [2.24, 2.45) is 0 Å². The van der Waals surface area contributed by atoms with Crippen LogP contribution >= 0.6 is 11.6 Å². The number of aliphatic hydroxyl groups is 1. The number of hydrogen-bond donors (Lipinski definition) is 2. The molecule has 33 heavy (non-hydrogen) atoms. The molecule has 0 aliphatic carbocycles. The molecule has 1 heterocycles. The van der Waals surface area contributed by atoms with E-state index in [0.29, 0.717) is 5.56 Å². The SMILES string of the molecule is CCc1ccc(/C(O)=C2\C(=O)C(=O)N(c3ccc(F)c(F)c3)C2c2ccc(O)c(Cl)c2)cc1. The number of aryl methyl sites for hydroxylation is 1. The molecule has 0 spiro atoms. The topological polar surface area (TPSA) is 77.8 Å². The Labute approximate surface area is 193 Å². The number of rotatable bonds is 4. The predicted octanol–water partition coefficient (Wildman–Crippen LogP) is 5.51. The second-order valence-electron chi connectivity index (χ2n) is 7.53. The number of carbonyl (C=O) groups excluding carboxylic acids is 2. The Morgan fingerprint density at radius 1 is 1.00 bits per heavy atom.